The topological polar surface area (TPSA) is 155 Å². The van der Waals surface area contributed by atoms with Crippen molar-refractivity contribution >= 4 is 0 Å². The van der Waals surface area contributed by atoms with Gasteiger partial charge in [0.05, 0.1) is 0 Å². The van der Waals surface area contributed by atoms with Gasteiger partial charge in [-0.05, 0) is 177 Å². The maximum absolute atomic E-state index is 5.11. The Morgan fingerprint density at radius 1 is 0.100 bits per heavy atom. The van der Waals surface area contributed by atoms with Crippen LogP contribution in [0.3, 0.4) is 0 Å². The molecule has 0 fully saturated rings. The van der Waals surface area contributed by atoms with Crippen molar-refractivity contribution in [2.75, 3.05) is 0 Å². The van der Waals surface area contributed by atoms with Crippen molar-refractivity contribution in [2.45, 2.75) is 79.1 Å². The lowest BCUT2D eigenvalue weighted by Gasteiger charge is -2.15. The average Bonchev–Trinajstić information content (AvgIpc) is 0.796. The molecule has 0 aliphatic heterocycles. The zero-order valence-electron chi connectivity index (χ0n) is 85.2. The van der Waals surface area contributed by atoms with Crippen LogP contribution in [0.1, 0.15) is 102 Å². The first-order valence-electron chi connectivity index (χ1n) is 51.2. The molecule has 23 rings (SSSR count). The van der Waals surface area contributed by atoms with Crippen molar-refractivity contribution in [3.05, 3.63) is 533 Å². The van der Waals surface area contributed by atoms with Gasteiger partial charge >= 0.3 is 0 Å². The van der Waals surface area contributed by atoms with Crippen molar-refractivity contribution in [3.63, 3.8) is 0 Å². The first kappa shape index (κ1) is 98.6. The predicted molar refractivity (Wildman–Crippen MR) is 619 cm³/mol. The SMILES string of the molecule is CC(C)c1nc(-c2cccc(-c3ccccc3)c2)nc(-c2cc(-c3ccccc3)cc(-c3ccccc3)c2)n1.CC(C)c1nc(-c2cccc(-c3ccccc3)c2)nc(-c2ccc(-c3ccccc3)cc2-c2ccccc2)n1.CC(C)c1nc(-c2ccccc2-c2ccccc2)nc(-c2ccc(-c3ccccc3)cc2-c2ccccc2)n1.CC(C)c1nc(-c2ccccc2-c2ccccc2)nc(-c2ccccc2-c2ccccc2)n1. The third-order valence-corrected chi connectivity index (χ3v) is 26.2. The molecule has 150 heavy (non-hydrogen) atoms. The highest BCUT2D eigenvalue weighted by atomic mass is 15.1. The fourth-order valence-electron chi connectivity index (χ4n) is 18.3. The van der Waals surface area contributed by atoms with E-state index in [1.165, 1.54) is 22.3 Å². The average molecular weight is 1940 g/mol. The normalized spacial score (nSPS) is 11.0. The van der Waals surface area contributed by atoms with E-state index < -0.39 is 0 Å². The minimum atomic E-state index is 0.151. The first-order chi connectivity index (χ1) is 73.7. The summed E-state index contributed by atoms with van der Waals surface area (Å²) in [5, 5.41) is 0. The zero-order valence-corrected chi connectivity index (χ0v) is 85.2. The van der Waals surface area contributed by atoms with E-state index >= 15 is 0 Å². The Hall–Kier alpha value is -18.8. The summed E-state index contributed by atoms with van der Waals surface area (Å²) in [6.45, 7) is 17.0. The van der Waals surface area contributed by atoms with E-state index in [0.29, 0.717) is 46.6 Å². The van der Waals surface area contributed by atoms with Gasteiger partial charge in [-0.15, -0.1) is 0 Å². The fourth-order valence-corrected chi connectivity index (χ4v) is 18.3. The van der Waals surface area contributed by atoms with E-state index in [9.17, 15) is 0 Å². The van der Waals surface area contributed by atoms with Gasteiger partial charge in [0.15, 0.2) is 46.6 Å². The molecule has 4 aromatic heterocycles. The van der Waals surface area contributed by atoms with Gasteiger partial charge in [-0.3, -0.25) is 0 Å². The summed E-state index contributed by atoms with van der Waals surface area (Å²) in [5.41, 5.74) is 33.0. The second kappa shape index (κ2) is 46.9. The molecule has 0 bridgehead atoms. The number of hydrogen-bond acceptors (Lipinski definition) is 12. The smallest absolute Gasteiger partial charge is 0.164 e. The van der Waals surface area contributed by atoms with Crippen LogP contribution in [0.4, 0.5) is 0 Å². The van der Waals surface area contributed by atoms with Crippen LogP contribution in [0, 0.1) is 0 Å². The molecule has 0 aliphatic rings. The van der Waals surface area contributed by atoms with Crippen LogP contribution in [0.25, 0.3) is 213 Å². The Bertz CT molecular complexity index is 8340. The summed E-state index contributed by atoms with van der Waals surface area (Å²) < 4.78 is 0. The molecule has 12 heteroatoms. The highest BCUT2D eigenvalue weighted by Crippen LogP contribution is 2.43. The van der Waals surface area contributed by atoms with Gasteiger partial charge in [-0.2, -0.15) is 0 Å². The van der Waals surface area contributed by atoms with Gasteiger partial charge in [-0.1, -0.05) is 510 Å². The molecule has 724 valence electrons. The van der Waals surface area contributed by atoms with Crippen LogP contribution in [-0.2, 0) is 0 Å². The van der Waals surface area contributed by atoms with E-state index in [-0.39, 0.29) is 23.7 Å². The molecule has 0 unspecified atom stereocenters. The molecule has 0 saturated carbocycles. The number of nitrogens with zero attached hydrogens (tertiary/aromatic N) is 12. The van der Waals surface area contributed by atoms with Gasteiger partial charge in [0, 0.05) is 68.2 Å². The van der Waals surface area contributed by atoms with Crippen molar-refractivity contribution in [3.8, 4) is 213 Å². The second-order valence-electron chi connectivity index (χ2n) is 38.1. The number of rotatable bonds is 23. The molecule has 0 amide bonds. The molecule has 0 radical (unpaired) electrons. The molecule has 0 atom stereocenters. The summed E-state index contributed by atoms with van der Waals surface area (Å²) >= 11 is 0. The Labute approximate surface area is 879 Å². The van der Waals surface area contributed by atoms with Crippen LogP contribution in [0.15, 0.2) is 510 Å². The summed E-state index contributed by atoms with van der Waals surface area (Å²) in [6.07, 6.45) is 0. The minimum Gasteiger partial charge on any atom is -0.213 e. The molecule has 19 aromatic carbocycles. The highest BCUT2D eigenvalue weighted by Gasteiger charge is 2.25. The van der Waals surface area contributed by atoms with Crippen LogP contribution in [0.2, 0.25) is 0 Å². The van der Waals surface area contributed by atoms with Gasteiger partial charge in [0.25, 0.3) is 0 Å². The molecular formula is C138H112N12. The van der Waals surface area contributed by atoms with Crippen LogP contribution < -0.4 is 0 Å². The standard InChI is InChI=1S/3C36H29N3.C30H25N3/c1-25(2)34-37-35(31-21-13-12-20-30(31)27-16-8-4-9-17-27)39-36(38-34)32-23-22-29(26-14-6-3-7-15-26)24-33(32)28-18-10-5-11-19-28;1-25(2)34-37-35(30-20-12-19-29(21-30)26-13-6-3-7-14-26)39-36(38-34)33-23-31(27-15-8-4-9-16-27)22-32(24-33)28-17-10-5-11-18-28;1-25(2)34-37-35(31-20-12-19-29(23-31)26-13-6-3-7-14-26)39-36(38-34)32-22-21-30(27-15-8-4-9-16-27)24-33(32)28-17-10-5-11-18-28;1-21(2)28-31-29(26-19-11-9-17-24(26)22-13-5-3-6-14-22)33-30(32-28)27-20-12-10-18-25(27)23-15-7-4-8-16-23/h3*3-25H,1-2H3;3-21H,1-2H3. The third-order valence-electron chi connectivity index (χ3n) is 26.2. The lowest BCUT2D eigenvalue weighted by molar-refractivity contribution is 0.766. The Balaban J connectivity index is 0.000000121. The van der Waals surface area contributed by atoms with Gasteiger partial charge < -0.3 is 0 Å². The maximum Gasteiger partial charge on any atom is 0.164 e. The summed E-state index contributed by atoms with van der Waals surface area (Å²) in [4.78, 5) is 59.7. The summed E-state index contributed by atoms with van der Waals surface area (Å²) in [7, 11) is 0. The molecule has 0 spiro atoms. The van der Waals surface area contributed by atoms with Gasteiger partial charge in [-0.25, -0.2) is 59.8 Å². The quantitative estimate of drug-likeness (QED) is 0.0598. The molecule has 23 aromatic rings. The highest BCUT2D eigenvalue weighted by molar-refractivity contribution is 5.91. The van der Waals surface area contributed by atoms with Crippen molar-refractivity contribution in [1.82, 2.24) is 59.8 Å². The molecule has 0 aliphatic carbocycles. The lowest BCUT2D eigenvalue weighted by Crippen LogP contribution is -2.05. The van der Waals surface area contributed by atoms with Gasteiger partial charge in [0.2, 0.25) is 0 Å². The van der Waals surface area contributed by atoms with Crippen LogP contribution in [-0.4, -0.2) is 59.8 Å². The summed E-state index contributed by atoms with van der Waals surface area (Å²) in [5.74, 6) is 9.31. The van der Waals surface area contributed by atoms with Crippen LogP contribution >= 0.6 is 0 Å². The fraction of sp³-hybridized carbons (Fsp3) is 0.0870. The van der Waals surface area contributed by atoms with Crippen molar-refractivity contribution in [1.29, 1.82) is 0 Å². The maximum atomic E-state index is 5.11. The van der Waals surface area contributed by atoms with Crippen molar-refractivity contribution < 1.29 is 0 Å². The van der Waals surface area contributed by atoms with Crippen molar-refractivity contribution in [2.24, 2.45) is 0 Å². The first-order valence-corrected chi connectivity index (χ1v) is 51.2. The van der Waals surface area contributed by atoms with E-state index in [1.54, 1.807) is 0 Å². The molecule has 4 heterocycles. The number of aromatic nitrogens is 12. The minimum absolute atomic E-state index is 0.151. The number of benzene rings is 19. The van der Waals surface area contributed by atoms with E-state index in [1.807, 2.05) is 84.9 Å². The Kier molecular flexibility index (Phi) is 30.9. The second-order valence-corrected chi connectivity index (χ2v) is 38.1. The van der Waals surface area contributed by atoms with E-state index in [0.717, 1.165) is 168 Å². The largest absolute Gasteiger partial charge is 0.213 e. The molecule has 0 saturated heterocycles. The lowest BCUT2D eigenvalue weighted by atomic mass is 9.94. The Morgan fingerprint density at radius 3 is 0.513 bits per heavy atom. The van der Waals surface area contributed by atoms with E-state index in [2.05, 4.69) is 480 Å². The zero-order chi connectivity index (χ0) is 102. The monoisotopic (exact) mass is 1940 g/mol. The van der Waals surface area contributed by atoms with Crippen LogP contribution in [0.5, 0.6) is 0 Å². The van der Waals surface area contributed by atoms with Gasteiger partial charge in [0.1, 0.15) is 23.3 Å². The third kappa shape index (κ3) is 23.6. The molecule has 0 N–H and O–H groups in total. The van der Waals surface area contributed by atoms with E-state index in [4.69, 9.17) is 59.8 Å². The predicted octanol–water partition coefficient (Wildman–Crippen LogP) is 35.7. The summed E-state index contributed by atoms with van der Waals surface area (Å²) in [6, 6.07) is 176. The molecular weight excluding hydrogens is 1830 g/mol. The molecule has 12 nitrogen and oxygen atoms in total. The number of hydrogen-bond donors (Lipinski definition) is 0. The Morgan fingerprint density at radius 2 is 0.260 bits per heavy atom.